The second kappa shape index (κ2) is 43.9. The molecule has 0 aliphatic carbocycles. The fourth-order valence-electron chi connectivity index (χ4n) is 6.37. The molecule has 0 aromatic rings. The van der Waals surface area contributed by atoms with Crippen LogP contribution in [0.3, 0.4) is 0 Å². The topological polar surface area (TPSA) is 64.6 Å². The molecule has 0 saturated carbocycles. The Morgan fingerprint density at radius 3 is 1.00 bits per heavy atom. The van der Waals surface area contributed by atoms with Crippen LogP contribution in [0.1, 0.15) is 208 Å². The molecule has 0 heterocycles. The van der Waals surface area contributed by atoms with E-state index in [-0.39, 0.29) is 25.2 Å². The first kappa shape index (κ1) is 52.2. The van der Waals surface area contributed by atoms with Gasteiger partial charge in [-0.1, -0.05) is 129 Å². The van der Waals surface area contributed by atoms with Crippen LogP contribution in [0.2, 0.25) is 0 Å². The standard InChI is InChI=1S/C46H90O7/c1-7-13-15-35-41-51-45(39-33-29-25-21-17-19-23-27-31-37-43(47-9-3)48-10-4)53-46(52-42-36-16-14-8-2)40-34-30-26-22-18-20-24-28-32-38-44(49-11-5)50-12-6/h33-34,39-40,43-46H,7-32,35-38,41-42H2,1-6H3. The third-order valence-corrected chi connectivity index (χ3v) is 9.45. The Bertz CT molecular complexity index is 673. The maximum absolute atomic E-state index is 6.47. The lowest BCUT2D eigenvalue weighted by Gasteiger charge is -2.22. The van der Waals surface area contributed by atoms with Gasteiger partial charge in [-0.2, -0.15) is 0 Å². The highest BCUT2D eigenvalue weighted by atomic mass is 16.8. The molecule has 2 unspecified atom stereocenters. The van der Waals surface area contributed by atoms with Crippen molar-refractivity contribution >= 4 is 0 Å². The number of unbranched alkanes of at least 4 members (excludes halogenated alkanes) is 20. The summed E-state index contributed by atoms with van der Waals surface area (Å²) in [6.07, 6.45) is 39.2. The average Bonchev–Trinajstić information content (AvgIpc) is 3.15. The van der Waals surface area contributed by atoms with E-state index in [9.17, 15) is 0 Å². The first-order valence-corrected chi connectivity index (χ1v) is 22.8. The highest BCUT2D eigenvalue weighted by molar-refractivity contribution is 4.89. The quantitative estimate of drug-likeness (QED) is 0.0349. The van der Waals surface area contributed by atoms with Crippen molar-refractivity contribution in [3.8, 4) is 0 Å². The van der Waals surface area contributed by atoms with Gasteiger partial charge in [0.1, 0.15) is 0 Å². The number of allylic oxidation sites excluding steroid dienone is 2. The van der Waals surface area contributed by atoms with Gasteiger partial charge < -0.3 is 33.2 Å². The van der Waals surface area contributed by atoms with E-state index in [1.54, 1.807) is 0 Å². The summed E-state index contributed by atoms with van der Waals surface area (Å²) in [7, 11) is 0. The molecule has 0 rings (SSSR count). The van der Waals surface area contributed by atoms with Crippen LogP contribution in [-0.4, -0.2) is 64.8 Å². The molecule has 0 aromatic carbocycles. The summed E-state index contributed by atoms with van der Waals surface area (Å²) in [6.45, 7) is 16.9. The Balaban J connectivity index is 4.67. The number of hydrogen-bond donors (Lipinski definition) is 0. The number of ether oxygens (including phenoxy) is 7. The van der Waals surface area contributed by atoms with E-state index < -0.39 is 0 Å². The first-order valence-electron chi connectivity index (χ1n) is 22.8. The Hall–Kier alpha value is -0.800. The van der Waals surface area contributed by atoms with E-state index >= 15 is 0 Å². The molecule has 7 heteroatoms. The van der Waals surface area contributed by atoms with Gasteiger partial charge in [-0.05, 0) is 104 Å². The normalized spacial score (nSPS) is 13.4. The summed E-state index contributed by atoms with van der Waals surface area (Å²) in [5, 5.41) is 0. The van der Waals surface area contributed by atoms with Crippen LogP contribution in [0, 0.1) is 0 Å². The molecule has 0 spiro atoms. The minimum Gasteiger partial charge on any atom is -0.353 e. The minimum absolute atomic E-state index is 0.0266. The smallest absolute Gasteiger partial charge is 0.180 e. The zero-order valence-electron chi connectivity index (χ0n) is 36.1. The van der Waals surface area contributed by atoms with Gasteiger partial charge in [-0.3, -0.25) is 0 Å². The molecule has 0 saturated heterocycles. The predicted octanol–water partition coefficient (Wildman–Crippen LogP) is 13.8. The molecule has 0 amide bonds. The van der Waals surface area contributed by atoms with Crippen molar-refractivity contribution in [2.24, 2.45) is 0 Å². The van der Waals surface area contributed by atoms with Gasteiger partial charge in [0.15, 0.2) is 25.2 Å². The van der Waals surface area contributed by atoms with Crippen molar-refractivity contribution in [2.75, 3.05) is 39.6 Å². The average molecular weight is 755 g/mol. The van der Waals surface area contributed by atoms with Crippen molar-refractivity contribution in [2.45, 2.75) is 234 Å². The third-order valence-electron chi connectivity index (χ3n) is 9.45. The van der Waals surface area contributed by atoms with Crippen LogP contribution in [0.15, 0.2) is 24.3 Å². The van der Waals surface area contributed by atoms with Crippen molar-refractivity contribution < 1.29 is 33.2 Å². The second-order valence-corrected chi connectivity index (χ2v) is 14.4. The predicted molar refractivity (Wildman–Crippen MR) is 224 cm³/mol. The molecule has 0 aliphatic rings. The molecule has 0 aromatic heterocycles. The zero-order chi connectivity index (χ0) is 38.7. The van der Waals surface area contributed by atoms with E-state index in [2.05, 4.69) is 38.2 Å². The molecule has 0 fully saturated rings. The van der Waals surface area contributed by atoms with E-state index in [0.29, 0.717) is 0 Å². The van der Waals surface area contributed by atoms with Gasteiger partial charge in [0.2, 0.25) is 0 Å². The van der Waals surface area contributed by atoms with E-state index in [1.165, 1.54) is 128 Å². The third kappa shape index (κ3) is 37.9. The minimum atomic E-state index is -0.378. The van der Waals surface area contributed by atoms with E-state index in [0.717, 1.165) is 78.2 Å². The number of hydrogen-bond acceptors (Lipinski definition) is 7. The largest absolute Gasteiger partial charge is 0.353 e. The van der Waals surface area contributed by atoms with E-state index in [1.807, 2.05) is 27.7 Å². The highest BCUT2D eigenvalue weighted by Crippen LogP contribution is 2.16. The molecule has 2 atom stereocenters. The van der Waals surface area contributed by atoms with Crippen LogP contribution in [0.25, 0.3) is 0 Å². The summed E-state index contributed by atoms with van der Waals surface area (Å²) in [5.41, 5.74) is 0. The Morgan fingerprint density at radius 2 is 0.660 bits per heavy atom. The van der Waals surface area contributed by atoms with Crippen molar-refractivity contribution in [1.82, 2.24) is 0 Å². The monoisotopic (exact) mass is 755 g/mol. The molecular weight excluding hydrogens is 664 g/mol. The lowest BCUT2D eigenvalue weighted by Crippen LogP contribution is -2.25. The molecule has 7 nitrogen and oxygen atoms in total. The molecule has 0 N–H and O–H groups in total. The lowest BCUT2D eigenvalue weighted by atomic mass is 10.1. The van der Waals surface area contributed by atoms with Gasteiger partial charge in [0, 0.05) is 26.4 Å². The van der Waals surface area contributed by atoms with Crippen molar-refractivity contribution in [3.63, 3.8) is 0 Å². The fourth-order valence-corrected chi connectivity index (χ4v) is 6.37. The molecule has 0 radical (unpaired) electrons. The second-order valence-electron chi connectivity index (χ2n) is 14.4. The van der Waals surface area contributed by atoms with Gasteiger partial charge in [-0.15, -0.1) is 0 Å². The van der Waals surface area contributed by atoms with Crippen LogP contribution < -0.4 is 0 Å². The Kier molecular flexibility index (Phi) is 43.3. The van der Waals surface area contributed by atoms with Gasteiger partial charge in [-0.25, -0.2) is 0 Å². The zero-order valence-corrected chi connectivity index (χ0v) is 36.1. The highest BCUT2D eigenvalue weighted by Gasteiger charge is 2.14. The summed E-state index contributed by atoms with van der Waals surface area (Å²) >= 11 is 0. The van der Waals surface area contributed by atoms with Crippen molar-refractivity contribution in [1.29, 1.82) is 0 Å². The lowest BCUT2D eigenvalue weighted by molar-refractivity contribution is -0.208. The maximum Gasteiger partial charge on any atom is 0.180 e. The van der Waals surface area contributed by atoms with Crippen LogP contribution in [0.5, 0.6) is 0 Å². The van der Waals surface area contributed by atoms with Gasteiger partial charge in [0.25, 0.3) is 0 Å². The summed E-state index contributed by atoms with van der Waals surface area (Å²) in [4.78, 5) is 0. The Labute approximate surface area is 330 Å². The summed E-state index contributed by atoms with van der Waals surface area (Å²) < 4.78 is 41.7. The number of rotatable bonds is 44. The van der Waals surface area contributed by atoms with Crippen LogP contribution in [-0.2, 0) is 33.2 Å². The van der Waals surface area contributed by atoms with Crippen LogP contribution >= 0.6 is 0 Å². The van der Waals surface area contributed by atoms with Gasteiger partial charge in [0.05, 0.1) is 13.2 Å². The van der Waals surface area contributed by atoms with Crippen LogP contribution in [0.4, 0.5) is 0 Å². The Morgan fingerprint density at radius 1 is 0.340 bits per heavy atom. The summed E-state index contributed by atoms with van der Waals surface area (Å²) in [5.74, 6) is 0. The summed E-state index contributed by atoms with van der Waals surface area (Å²) in [6, 6.07) is 0. The van der Waals surface area contributed by atoms with E-state index in [4.69, 9.17) is 33.2 Å². The fraction of sp³-hybridized carbons (Fsp3) is 0.913. The molecule has 53 heavy (non-hydrogen) atoms. The van der Waals surface area contributed by atoms with Gasteiger partial charge >= 0.3 is 0 Å². The first-order chi connectivity index (χ1) is 26.1. The molecule has 0 bridgehead atoms. The molecular formula is C46H90O7. The maximum atomic E-state index is 6.47. The SMILES string of the molecule is CCCCCCOC(C=CCCCCCCCCCC(OCC)OCC)OC(C=CCCCCCCCCCC(OCC)OCC)OCCCCCC. The molecule has 0 aliphatic heterocycles. The van der Waals surface area contributed by atoms with Crippen molar-refractivity contribution in [3.05, 3.63) is 24.3 Å². The molecule has 316 valence electrons.